The number of amides is 1. The van der Waals surface area contributed by atoms with Crippen molar-refractivity contribution in [1.82, 2.24) is 19.6 Å². The number of carbonyl (C=O) groups is 1. The van der Waals surface area contributed by atoms with Crippen molar-refractivity contribution in [2.24, 2.45) is 5.41 Å². The van der Waals surface area contributed by atoms with E-state index in [1.54, 1.807) is 7.11 Å². The summed E-state index contributed by atoms with van der Waals surface area (Å²) in [5, 5.41) is 4.59. The van der Waals surface area contributed by atoms with Crippen LogP contribution in [0.4, 0.5) is 0 Å². The van der Waals surface area contributed by atoms with Gasteiger partial charge in [-0.15, -0.1) is 0 Å². The van der Waals surface area contributed by atoms with Crippen molar-refractivity contribution < 1.29 is 9.53 Å². The molecule has 0 aliphatic carbocycles. The SMILES string of the molecule is CCn1ccc(CN2CCC3(CCC(=O)N(CCOC)C3)CC2)n1. The Morgan fingerprint density at radius 2 is 2.08 bits per heavy atom. The van der Waals surface area contributed by atoms with Crippen molar-refractivity contribution in [1.29, 1.82) is 0 Å². The summed E-state index contributed by atoms with van der Waals surface area (Å²) in [7, 11) is 1.70. The molecular weight excluding hydrogens is 304 g/mol. The zero-order valence-electron chi connectivity index (χ0n) is 15.0. The number of carbonyl (C=O) groups excluding carboxylic acids is 1. The molecule has 1 amide bonds. The van der Waals surface area contributed by atoms with Crippen molar-refractivity contribution in [3.8, 4) is 0 Å². The van der Waals surface area contributed by atoms with E-state index in [0.717, 1.165) is 51.4 Å². The second-order valence-corrected chi connectivity index (χ2v) is 7.25. The van der Waals surface area contributed by atoms with Crippen LogP contribution < -0.4 is 0 Å². The number of hydrogen-bond donors (Lipinski definition) is 0. The number of hydrogen-bond acceptors (Lipinski definition) is 4. The van der Waals surface area contributed by atoms with Crippen molar-refractivity contribution in [2.45, 2.75) is 45.7 Å². The Bertz CT molecular complexity index is 549. The third-order valence-corrected chi connectivity index (χ3v) is 5.64. The minimum atomic E-state index is 0.296. The van der Waals surface area contributed by atoms with Gasteiger partial charge in [-0.25, -0.2) is 0 Å². The first-order valence-corrected chi connectivity index (χ1v) is 9.15. The Morgan fingerprint density at radius 1 is 1.29 bits per heavy atom. The summed E-state index contributed by atoms with van der Waals surface area (Å²) in [6, 6.07) is 2.12. The lowest BCUT2D eigenvalue weighted by Gasteiger charge is -2.47. The van der Waals surface area contributed by atoms with Crippen LogP contribution in [0.2, 0.25) is 0 Å². The molecule has 3 heterocycles. The fraction of sp³-hybridized carbons (Fsp3) is 0.778. The number of methoxy groups -OCH3 is 1. The van der Waals surface area contributed by atoms with Gasteiger partial charge in [0.15, 0.2) is 0 Å². The van der Waals surface area contributed by atoms with Crippen molar-refractivity contribution in [3.05, 3.63) is 18.0 Å². The van der Waals surface area contributed by atoms with E-state index < -0.39 is 0 Å². The molecule has 0 saturated carbocycles. The first-order chi connectivity index (χ1) is 11.6. The van der Waals surface area contributed by atoms with Gasteiger partial charge in [-0.2, -0.15) is 5.10 Å². The van der Waals surface area contributed by atoms with Gasteiger partial charge in [-0.05, 0) is 50.8 Å². The molecule has 0 N–H and O–H groups in total. The van der Waals surface area contributed by atoms with Crippen LogP contribution in [-0.2, 0) is 22.6 Å². The molecule has 1 aromatic heterocycles. The van der Waals surface area contributed by atoms with Gasteiger partial charge >= 0.3 is 0 Å². The average molecular weight is 334 g/mol. The first-order valence-electron chi connectivity index (χ1n) is 9.15. The quantitative estimate of drug-likeness (QED) is 0.795. The Morgan fingerprint density at radius 3 is 2.75 bits per heavy atom. The van der Waals surface area contributed by atoms with E-state index in [1.165, 1.54) is 12.8 Å². The van der Waals surface area contributed by atoms with E-state index in [4.69, 9.17) is 4.74 Å². The molecule has 2 saturated heterocycles. The molecule has 2 fully saturated rings. The standard InChI is InChI=1S/C18H30N4O2/c1-3-22-9-5-16(19-22)14-20-10-7-18(8-11-20)6-4-17(23)21(15-18)12-13-24-2/h5,9H,3-4,6-8,10-15H2,1-2H3. The minimum Gasteiger partial charge on any atom is -0.383 e. The van der Waals surface area contributed by atoms with Gasteiger partial charge in [0.05, 0.1) is 12.3 Å². The highest BCUT2D eigenvalue weighted by molar-refractivity contribution is 5.77. The van der Waals surface area contributed by atoms with Crippen LogP contribution in [-0.4, -0.2) is 65.4 Å². The summed E-state index contributed by atoms with van der Waals surface area (Å²) in [5.41, 5.74) is 1.48. The zero-order valence-corrected chi connectivity index (χ0v) is 15.0. The number of nitrogens with zero attached hydrogens (tertiary/aromatic N) is 4. The molecule has 0 unspecified atom stereocenters. The molecular formula is C18H30N4O2. The van der Waals surface area contributed by atoms with Gasteiger partial charge in [0.25, 0.3) is 0 Å². The van der Waals surface area contributed by atoms with E-state index in [0.29, 0.717) is 24.3 Å². The van der Waals surface area contributed by atoms with Crippen LogP contribution >= 0.6 is 0 Å². The monoisotopic (exact) mass is 334 g/mol. The Labute approximate surface area is 144 Å². The van der Waals surface area contributed by atoms with E-state index in [1.807, 2.05) is 9.58 Å². The fourth-order valence-corrected chi connectivity index (χ4v) is 3.99. The highest BCUT2D eigenvalue weighted by Gasteiger charge is 2.40. The van der Waals surface area contributed by atoms with Crippen LogP contribution in [0.5, 0.6) is 0 Å². The Kier molecular flexibility index (Phi) is 5.56. The third-order valence-electron chi connectivity index (χ3n) is 5.64. The van der Waals surface area contributed by atoms with Crippen LogP contribution in [0, 0.1) is 5.41 Å². The lowest BCUT2D eigenvalue weighted by Crippen LogP contribution is -2.52. The molecule has 0 bridgehead atoms. The summed E-state index contributed by atoms with van der Waals surface area (Å²) in [4.78, 5) is 16.6. The lowest BCUT2D eigenvalue weighted by molar-refractivity contribution is -0.139. The van der Waals surface area contributed by atoms with E-state index >= 15 is 0 Å². The fourth-order valence-electron chi connectivity index (χ4n) is 3.99. The molecule has 3 rings (SSSR count). The topological polar surface area (TPSA) is 50.6 Å². The molecule has 1 aromatic rings. The van der Waals surface area contributed by atoms with Gasteiger partial charge in [-0.1, -0.05) is 0 Å². The summed E-state index contributed by atoms with van der Waals surface area (Å²) in [6.07, 6.45) is 6.16. The maximum absolute atomic E-state index is 12.1. The summed E-state index contributed by atoms with van der Waals surface area (Å²) in [6.45, 7) is 8.46. The van der Waals surface area contributed by atoms with Gasteiger partial charge in [0, 0.05) is 45.9 Å². The number of aromatic nitrogens is 2. The summed E-state index contributed by atoms with van der Waals surface area (Å²) in [5.74, 6) is 0.296. The highest BCUT2D eigenvalue weighted by Crippen LogP contribution is 2.40. The smallest absolute Gasteiger partial charge is 0.222 e. The Balaban J connectivity index is 1.52. The molecule has 134 valence electrons. The second kappa shape index (κ2) is 7.66. The number of piperidine rings is 2. The van der Waals surface area contributed by atoms with Crippen LogP contribution in [0.3, 0.4) is 0 Å². The third kappa shape index (κ3) is 3.98. The molecule has 6 heteroatoms. The molecule has 0 atom stereocenters. The van der Waals surface area contributed by atoms with Gasteiger partial charge in [0.2, 0.25) is 5.91 Å². The van der Waals surface area contributed by atoms with E-state index in [9.17, 15) is 4.79 Å². The maximum atomic E-state index is 12.1. The zero-order chi connectivity index (χ0) is 17.0. The average Bonchev–Trinajstić information content (AvgIpc) is 3.06. The van der Waals surface area contributed by atoms with Crippen LogP contribution in [0.25, 0.3) is 0 Å². The van der Waals surface area contributed by atoms with Crippen molar-refractivity contribution >= 4 is 5.91 Å². The second-order valence-electron chi connectivity index (χ2n) is 7.25. The predicted octanol–water partition coefficient (Wildman–Crippen LogP) is 1.75. The van der Waals surface area contributed by atoms with Crippen molar-refractivity contribution in [3.63, 3.8) is 0 Å². The highest BCUT2D eigenvalue weighted by atomic mass is 16.5. The number of likely N-dealkylation sites (tertiary alicyclic amines) is 2. The summed E-state index contributed by atoms with van der Waals surface area (Å²) >= 11 is 0. The molecule has 1 spiro atoms. The largest absolute Gasteiger partial charge is 0.383 e. The molecule has 0 radical (unpaired) electrons. The van der Waals surface area contributed by atoms with E-state index in [2.05, 4.69) is 29.2 Å². The first kappa shape index (κ1) is 17.4. The molecule has 24 heavy (non-hydrogen) atoms. The van der Waals surface area contributed by atoms with Gasteiger partial charge in [0.1, 0.15) is 0 Å². The normalized spacial score (nSPS) is 21.6. The number of rotatable bonds is 6. The number of ether oxygens (including phenoxy) is 1. The van der Waals surface area contributed by atoms with Crippen molar-refractivity contribution in [2.75, 3.05) is 39.9 Å². The van der Waals surface area contributed by atoms with E-state index in [-0.39, 0.29) is 0 Å². The summed E-state index contributed by atoms with van der Waals surface area (Å²) < 4.78 is 7.14. The van der Waals surface area contributed by atoms with Crippen LogP contribution in [0.1, 0.15) is 38.3 Å². The molecule has 2 aliphatic rings. The van der Waals surface area contributed by atoms with Crippen LogP contribution in [0.15, 0.2) is 12.3 Å². The number of aryl methyl sites for hydroxylation is 1. The molecule has 6 nitrogen and oxygen atoms in total. The lowest BCUT2D eigenvalue weighted by atomic mass is 9.72. The Hall–Kier alpha value is -1.40. The van der Waals surface area contributed by atoms with Gasteiger partial charge < -0.3 is 9.64 Å². The predicted molar refractivity (Wildman–Crippen MR) is 92.5 cm³/mol. The maximum Gasteiger partial charge on any atom is 0.222 e. The molecule has 2 aliphatic heterocycles. The minimum absolute atomic E-state index is 0.296. The van der Waals surface area contributed by atoms with Gasteiger partial charge in [-0.3, -0.25) is 14.4 Å². The molecule has 0 aromatic carbocycles.